The first-order valence-corrected chi connectivity index (χ1v) is 4.58. The molecule has 4 heteroatoms. The average Bonchev–Trinajstić information content (AvgIpc) is 2.64. The highest BCUT2D eigenvalue weighted by Crippen LogP contribution is 2.23. The van der Waals surface area contributed by atoms with Gasteiger partial charge in [0.2, 0.25) is 0 Å². The van der Waals surface area contributed by atoms with E-state index in [-0.39, 0.29) is 0 Å². The normalized spacial score (nSPS) is 30.1. The Kier molecular flexibility index (Phi) is 2.21. The van der Waals surface area contributed by atoms with Crippen LogP contribution in [0, 0.1) is 0 Å². The Morgan fingerprint density at radius 3 is 2.80 bits per heavy atom. The maximum absolute atomic E-state index is 10.5. The molecule has 0 amide bonds. The number of hydrogen-bond donors (Lipinski definition) is 2. The van der Waals surface area contributed by atoms with Crippen LogP contribution in [0.5, 0.6) is 0 Å². The molecular weight excluding hydrogens is 150 g/mol. The van der Waals surface area contributed by atoms with Gasteiger partial charge in [0.15, 0.2) is 0 Å². The molecule has 0 aromatic carbocycles. The topological polar surface area (TPSA) is 59.2 Å². The molecule has 0 aromatic rings. The van der Waals surface area contributed by atoms with Crippen molar-refractivity contribution >= 4 is 17.7 Å². The minimum absolute atomic E-state index is 0.553. The molecule has 3 nitrogen and oxygen atoms in total. The Balaban J connectivity index is 2.31. The number of aliphatic carboxylic acids is 1. The Hall–Kier alpha value is -0.220. The summed E-state index contributed by atoms with van der Waals surface area (Å²) in [6, 6.07) is 0. The van der Waals surface area contributed by atoms with E-state index in [1.54, 1.807) is 11.8 Å². The number of carboxylic acid groups (broad SMARTS) is 1. The van der Waals surface area contributed by atoms with Gasteiger partial charge in [0.05, 0.1) is 0 Å². The molecule has 1 rings (SSSR count). The van der Waals surface area contributed by atoms with Crippen molar-refractivity contribution < 1.29 is 9.90 Å². The number of carbonyl (C=O) groups is 1. The van der Waals surface area contributed by atoms with E-state index in [0.717, 1.165) is 12.2 Å². The van der Waals surface area contributed by atoms with E-state index in [4.69, 9.17) is 5.11 Å². The Bertz CT molecular complexity index is 145. The van der Waals surface area contributed by atoms with Crippen LogP contribution in [-0.2, 0) is 4.79 Å². The maximum atomic E-state index is 10.5. The number of nitrogens with one attached hydrogen (secondary N) is 1. The second kappa shape index (κ2) is 2.80. The zero-order valence-electron chi connectivity index (χ0n) is 5.89. The molecule has 10 heavy (non-hydrogen) atoms. The van der Waals surface area contributed by atoms with Crippen LogP contribution in [0.15, 0.2) is 0 Å². The highest BCUT2D eigenvalue weighted by molar-refractivity contribution is 7.98. The lowest BCUT2D eigenvalue weighted by Gasteiger charge is -2.04. The van der Waals surface area contributed by atoms with Gasteiger partial charge in [-0.1, -0.05) is 0 Å². The van der Waals surface area contributed by atoms with Crippen molar-refractivity contribution in [1.82, 2.24) is 5.32 Å². The van der Waals surface area contributed by atoms with Crippen LogP contribution in [-0.4, -0.2) is 35.2 Å². The molecule has 0 saturated carbocycles. The lowest BCUT2D eigenvalue weighted by Crippen LogP contribution is -2.28. The van der Waals surface area contributed by atoms with Gasteiger partial charge in [-0.15, -0.1) is 0 Å². The fourth-order valence-electron chi connectivity index (χ4n) is 0.818. The molecule has 1 saturated heterocycles. The lowest BCUT2D eigenvalue weighted by molar-refractivity contribution is -0.139. The first kappa shape index (κ1) is 7.88. The third-order valence-electron chi connectivity index (χ3n) is 1.75. The van der Waals surface area contributed by atoms with E-state index in [1.807, 2.05) is 6.26 Å². The van der Waals surface area contributed by atoms with E-state index >= 15 is 0 Å². The van der Waals surface area contributed by atoms with Crippen molar-refractivity contribution in [1.29, 1.82) is 0 Å². The predicted molar refractivity (Wildman–Crippen MR) is 41.4 cm³/mol. The molecule has 0 aromatic heterocycles. The minimum Gasteiger partial charge on any atom is -0.480 e. The van der Waals surface area contributed by atoms with Crippen LogP contribution in [0.2, 0.25) is 0 Å². The molecule has 2 N–H and O–H groups in total. The molecule has 1 atom stereocenters. The zero-order chi connectivity index (χ0) is 7.61. The van der Waals surface area contributed by atoms with Crippen molar-refractivity contribution in [2.45, 2.75) is 12.0 Å². The maximum Gasteiger partial charge on any atom is 0.325 e. The van der Waals surface area contributed by atoms with Gasteiger partial charge < -0.3 is 5.11 Å². The summed E-state index contributed by atoms with van der Waals surface area (Å²) >= 11 is 1.68. The fraction of sp³-hybridized carbons (Fsp3) is 0.833. The summed E-state index contributed by atoms with van der Waals surface area (Å²) in [7, 11) is 0. The molecular formula is C6H11NO2S. The van der Waals surface area contributed by atoms with Crippen molar-refractivity contribution in [3.63, 3.8) is 0 Å². The van der Waals surface area contributed by atoms with Crippen LogP contribution in [0.4, 0.5) is 0 Å². The highest BCUT2D eigenvalue weighted by Gasteiger charge is 2.48. The second-order valence-corrected chi connectivity index (χ2v) is 3.47. The van der Waals surface area contributed by atoms with Gasteiger partial charge >= 0.3 is 5.97 Å². The van der Waals surface area contributed by atoms with Crippen molar-refractivity contribution in [3.8, 4) is 0 Å². The van der Waals surface area contributed by atoms with Crippen LogP contribution < -0.4 is 5.32 Å². The molecule has 58 valence electrons. The summed E-state index contributed by atoms with van der Waals surface area (Å²) in [5.74, 6) is 0.209. The molecule has 0 aliphatic carbocycles. The summed E-state index contributed by atoms with van der Waals surface area (Å²) in [6.07, 6.45) is 2.72. The van der Waals surface area contributed by atoms with E-state index in [9.17, 15) is 4.79 Å². The Morgan fingerprint density at radius 2 is 2.50 bits per heavy atom. The Labute approximate surface area is 64.2 Å². The third-order valence-corrected chi connectivity index (χ3v) is 2.36. The molecule has 1 heterocycles. The first-order chi connectivity index (χ1) is 4.71. The minimum atomic E-state index is -0.707. The highest BCUT2D eigenvalue weighted by atomic mass is 32.2. The summed E-state index contributed by atoms with van der Waals surface area (Å²) in [6.45, 7) is 0.642. The fourth-order valence-corrected chi connectivity index (χ4v) is 1.37. The summed E-state index contributed by atoms with van der Waals surface area (Å²) in [5, 5.41) is 11.5. The lowest BCUT2D eigenvalue weighted by atomic mass is 10.1. The predicted octanol–water partition coefficient (Wildman–Crippen LogP) is 0.166. The van der Waals surface area contributed by atoms with Gasteiger partial charge in [0, 0.05) is 6.54 Å². The molecule has 0 radical (unpaired) electrons. The first-order valence-electron chi connectivity index (χ1n) is 3.19. The van der Waals surface area contributed by atoms with Crippen molar-refractivity contribution in [2.24, 2.45) is 0 Å². The molecule has 1 aliphatic rings. The average molecular weight is 161 g/mol. The van der Waals surface area contributed by atoms with Crippen molar-refractivity contribution in [2.75, 3.05) is 18.6 Å². The molecule has 1 fully saturated rings. The number of hydrogen-bond acceptors (Lipinski definition) is 3. The van der Waals surface area contributed by atoms with E-state index < -0.39 is 11.5 Å². The van der Waals surface area contributed by atoms with Crippen molar-refractivity contribution in [3.05, 3.63) is 0 Å². The van der Waals surface area contributed by atoms with Crippen LogP contribution in [0.25, 0.3) is 0 Å². The number of carboxylic acids is 1. The standard InChI is InChI=1S/C6H11NO2S/c1-10-3-2-6(4-7-6)5(8)9/h7H,2-4H2,1H3,(H,8,9)/t6-/m1/s1. The smallest absolute Gasteiger partial charge is 0.325 e. The quantitative estimate of drug-likeness (QED) is 0.577. The molecule has 0 unspecified atom stereocenters. The molecule has 0 bridgehead atoms. The van der Waals surface area contributed by atoms with Crippen LogP contribution in [0.3, 0.4) is 0 Å². The third kappa shape index (κ3) is 1.44. The summed E-state index contributed by atoms with van der Waals surface area (Å²) in [5.41, 5.74) is -0.553. The van der Waals surface area contributed by atoms with Gasteiger partial charge in [-0.05, 0) is 18.4 Å². The van der Waals surface area contributed by atoms with Gasteiger partial charge in [0.1, 0.15) is 5.54 Å². The SMILES string of the molecule is CSCC[C@]1(C(=O)O)CN1. The second-order valence-electron chi connectivity index (χ2n) is 2.48. The number of thioether (sulfide) groups is 1. The van der Waals surface area contributed by atoms with Crippen LogP contribution >= 0.6 is 11.8 Å². The van der Waals surface area contributed by atoms with E-state index in [2.05, 4.69) is 5.32 Å². The Morgan fingerprint density at radius 1 is 1.90 bits per heavy atom. The summed E-state index contributed by atoms with van der Waals surface area (Å²) in [4.78, 5) is 10.5. The van der Waals surface area contributed by atoms with E-state index in [0.29, 0.717) is 6.54 Å². The van der Waals surface area contributed by atoms with E-state index in [1.165, 1.54) is 0 Å². The molecule has 0 spiro atoms. The zero-order valence-corrected chi connectivity index (χ0v) is 6.70. The van der Waals surface area contributed by atoms with Gasteiger partial charge in [0.25, 0.3) is 0 Å². The number of rotatable bonds is 4. The summed E-state index contributed by atoms with van der Waals surface area (Å²) < 4.78 is 0. The van der Waals surface area contributed by atoms with Gasteiger partial charge in [-0.3, -0.25) is 10.1 Å². The largest absolute Gasteiger partial charge is 0.480 e. The van der Waals surface area contributed by atoms with Gasteiger partial charge in [-0.25, -0.2) is 0 Å². The molecule has 1 aliphatic heterocycles. The van der Waals surface area contributed by atoms with Gasteiger partial charge in [-0.2, -0.15) is 11.8 Å². The van der Waals surface area contributed by atoms with Crippen LogP contribution in [0.1, 0.15) is 6.42 Å². The monoisotopic (exact) mass is 161 g/mol.